The first-order valence-corrected chi connectivity index (χ1v) is 5.53. The van der Waals surface area contributed by atoms with Crippen LogP contribution in [-0.2, 0) is 0 Å². The molecular weight excluding hydrogens is 234 g/mol. The zero-order valence-electron chi connectivity index (χ0n) is 8.18. The fraction of sp³-hybridized carbons (Fsp3) is 0.200. The van der Waals surface area contributed by atoms with Crippen LogP contribution in [0.3, 0.4) is 0 Å². The van der Waals surface area contributed by atoms with Gasteiger partial charge in [0.15, 0.2) is 5.78 Å². The summed E-state index contributed by atoms with van der Waals surface area (Å²) in [5.74, 6) is -0.224. The fourth-order valence-corrected chi connectivity index (χ4v) is 2.80. The van der Waals surface area contributed by atoms with Gasteiger partial charge in [0, 0.05) is 5.39 Å². The zero-order chi connectivity index (χ0) is 11.2. The first-order valence-electron chi connectivity index (χ1n) is 4.33. The van der Waals surface area contributed by atoms with Crippen molar-refractivity contribution < 1.29 is 4.79 Å². The number of H-pyrrole nitrogens is 1. The molecule has 0 aromatic carbocycles. The summed E-state index contributed by atoms with van der Waals surface area (Å²) >= 11 is 7.15. The Morgan fingerprint density at radius 3 is 2.80 bits per heavy atom. The van der Waals surface area contributed by atoms with E-state index in [0.29, 0.717) is 14.7 Å². The Morgan fingerprint density at radius 2 is 2.20 bits per heavy atom. The second-order valence-electron chi connectivity index (χ2n) is 3.30. The van der Waals surface area contributed by atoms with Crippen molar-refractivity contribution in [3.05, 3.63) is 31.9 Å². The molecule has 5 heteroatoms. The van der Waals surface area contributed by atoms with Gasteiger partial charge >= 0.3 is 0 Å². The van der Waals surface area contributed by atoms with Crippen molar-refractivity contribution in [1.82, 2.24) is 4.98 Å². The number of thiophene rings is 1. The molecular formula is C10H8ClNO2S. The minimum Gasteiger partial charge on any atom is -0.313 e. The van der Waals surface area contributed by atoms with E-state index in [1.807, 2.05) is 0 Å². The molecule has 78 valence electrons. The maximum Gasteiger partial charge on any atom is 0.260 e. The maximum atomic E-state index is 11.6. The van der Waals surface area contributed by atoms with Crippen molar-refractivity contribution in [2.75, 3.05) is 0 Å². The van der Waals surface area contributed by atoms with Gasteiger partial charge in [0.1, 0.15) is 4.83 Å². The number of carbonyl (C=O) groups is 1. The number of Topliss-reactive ketones (excluding diaryl/α,β-unsaturated/α-hetero) is 1. The van der Waals surface area contributed by atoms with E-state index in [-0.39, 0.29) is 16.9 Å². The molecule has 1 N–H and O–H groups in total. The van der Waals surface area contributed by atoms with Gasteiger partial charge in [0.25, 0.3) is 5.56 Å². The Morgan fingerprint density at radius 1 is 1.53 bits per heavy atom. The molecule has 0 bridgehead atoms. The number of fused-ring (bicyclic) bond motifs is 1. The zero-order valence-corrected chi connectivity index (χ0v) is 9.75. The lowest BCUT2D eigenvalue weighted by molar-refractivity contribution is 0.101. The van der Waals surface area contributed by atoms with Crippen molar-refractivity contribution in [2.24, 2.45) is 0 Å². The molecule has 0 saturated carbocycles. The van der Waals surface area contributed by atoms with Gasteiger partial charge in [-0.3, -0.25) is 9.59 Å². The highest BCUT2D eigenvalue weighted by atomic mass is 35.5. The van der Waals surface area contributed by atoms with Crippen LogP contribution in [0.15, 0.2) is 10.9 Å². The van der Waals surface area contributed by atoms with Crippen molar-refractivity contribution in [3.8, 4) is 0 Å². The Hall–Kier alpha value is -1.13. The van der Waals surface area contributed by atoms with Gasteiger partial charge in [-0.25, -0.2) is 0 Å². The van der Waals surface area contributed by atoms with E-state index in [1.165, 1.54) is 18.3 Å². The van der Waals surface area contributed by atoms with Gasteiger partial charge in [-0.1, -0.05) is 11.6 Å². The van der Waals surface area contributed by atoms with E-state index in [1.54, 1.807) is 13.0 Å². The molecule has 0 aliphatic heterocycles. The van der Waals surface area contributed by atoms with Crippen LogP contribution in [0.1, 0.15) is 22.8 Å². The molecule has 0 amide bonds. The normalized spacial score (nSPS) is 10.9. The summed E-state index contributed by atoms with van der Waals surface area (Å²) in [4.78, 5) is 26.3. The summed E-state index contributed by atoms with van der Waals surface area (Å²) in [5.41, 5.74) is 0.576. The Labute approximate surface area is 94.7 Å². The van der Waals surface area contributed by atoms with E-state index >= 15 is 0 Å². The SMILES string of the molecule is CC(=O)c1c(C)c2cc(Cl)sc2[nH]c1=O. The third kappa shape index (κ3) is 1.60. The van der Waals surface area contributed by atoms with Gasteiger partial charge in [-0.15, -0.1) is 11.3 Å². The van der Waals surface area contributed by atoms with Gasteiger partial charge in [-0.05, 0) is 25.5 Å². The average Bonchev–Trinajstić information content (AvgIpc) is 2.45. The van der Waals surface area contributed by atoms with Gasteiger partial charge in [0.05, 0.1) is 9.90 Å². The van der Waals surface area contributed by atoms with Crippen LogP contribution in [0.25, 0.3) is 10.2 Å². The molecule has 0 aliphatic carbocycles. The van der Waals surface area contributed by atoms with Gasteiger partial charge in [0.2, 0.25) is 0 Å². The number of aromatic nitrogens is 1. The molecule has 0 spiro atoms. The largest absolute Gasteiger partial charge is 0.313 e. The number of hydrogen-bond donors (Lipinski definition) is 1. The molecule has 0 atom stereocenters. The van der Waals surface area contributed by atoms with Crippen LogP contribution >= 0.6 is 22.9 Å². The van der Waals surface area contributed by atoms with Crippen LogP contribution in [0.4, 0.5) is 0 Å². The Kier molecular flexibility index (Phi) is 2.40. The molecule has 2 aromatic rings. The van der Waals surface area contributed by atoms with Crippen molar-refractivity contribution in [1.29, 1.82) is 0 Å². The monoisotopic (exact) mass is 241 g/mol. The van der Waals surface area contributed by atoms with Crippen molar-refractivity contribution in [2.45, 2.75) is 13.8 Å². The van der Waals surface area contributed by atoms with E-state index in [2.05, 4.69) is 4.98 Å². The van der Waals surface area contributed by atoms with E-state index in [4.69, 9.17) is 11.6 Å². The molecule has 0 fully saturated rings. The lowest BCUT2D eigenvalue weighted by atomic mass is 10.1. The number of pyridine rings is 1. The average molecular weight is 242 g/mol. The van der Waals surface area contributed by atoms with Crippen LogP contribution < -0.4 is 5.56 Å². The summed E-state index contributed by atoms with van der Waals surface area (Å²) in [6, 6.07) is 1.76. The topological polar surface area (TPSA) is 49.9 Å². The van der Waals surface area contributed by atoms with Crippen LogP contribution in [0, 0.1) is 6.92 Å². The highest BCUT2D eigenvalue weighted by Gasteiger charge is 2.14. The molecule has 2 aromatic heterocycles. The summed E-state index contributed by atoms with van der Waals surface area (Å²) in [7, 11) is 0. The van der Waals surface area contributed by atoms with E-state index in [9.17, 15) is 9.59 Å². The van der Waals surface area contributed by atoms with Gasteiger partial charge < -0.3 is 4.98 Å². The first kappa shape index (κ1) is 10.4. The smallest absolute Gasteiger partial charge is 0.260 e. The lowest BCUT2D eigenvalue weighted by Gasteiger charge is -2.01. The fourth-order valence-electron chi connectivity index (χ4n) is 1.63. The minimum atomic E-state index is -0.342. The first-order chi connectivity index (χ1) is 7.00. The summed E-state index contributed by atoms with van der Waals surface area (Å²) in [6.07, 6.45) is 0. The maximum absolute atomic E-state index is 11.6. The van der Waals surface area contributed by atoms with Crippen molar-refractivity contribution in [3.63, 3.8) is 0 Å². The third-order valence-corrected chi connectivity index (χ3v) is 3.47. The number of aromatic amines is 1. The Bertz CT molecular complexity index is 612. The molecule has 3 nitrogen and oxygen atoms in total. The second kappa shape index (κ2) is 3.47. The van der Waals surface area contributed by atoms with Crippen LogP contribution in [-0.4, -0.2) is 10.8 Å². The number of ketones is 1. The summed E-state index contributed by atoms with van der Waals surface area (Å²) in [6.45, 7) is 3.15. The number of hydrogen-bond acceptors (Lipinski definition) is 3. The van der Waals surface area contributed by atoms with Crippen LogP contribution in [0.2, 0.25) is 4.34 Å². The number of aryl methyl sites for hydroxylation is 1. The molecule has 15 heavy (non-hydrogen) atoms. The van der Waals surface area contributed by atoms with Crippen molar-refractivity contribution >= 4 is 38.9 Å². The second-order valence-corrected chi connectivity index (χ2v) is 4.99. The number of carbonyl (C=O) groups excluding carboxylic acids is 1. The minimum absolute atomic E-state index is 0.219. The van der Waals surface area contributed by atoms with Gasteiger partial charge in [-0.2, -0.15) is 0 Å². The quantitative estimate of drug-likeness (QED) is 0.781. The number of rotatable bonds is 1. The molecule has 0 radical (unpaired) electrons. The van der Waals surface area contributed by atoms with E-state index in [0.717, 1.165) is 5.39 Å². The lowest BCUT2D eigenvalue weighted by Crippen LogP contribution is -2.17. The predicted octanol–water partition coefficient (Wildman–Crippen LogP) is 2.75. The standard InChI is InChI=1S/C10H8ClNO2S/c1-4-6-3-7(11)15-10(6)12-9(14)8(4)5(2)13/h3H,1-2H3,(H,12,14). The Balaban J connectivity index is 2.95. The molecule has 0 saturated heterocycles. The highest BCUT2D eigenvalue weighted by Crippen LogP contribution is 2.29. The number of nitrogens with one attached hydrogen (secondary N) is 1. The number of halogens is 1. The third-order valence-electron chi connectivity index (χ3n) is 2.29. The predicted molar refractivity (Wildman–Crippen MR) is 62.2 cm³/mol. The summed E-state index contributed by atoms with van der Waals surface area (Å²) in [5, 5.41) is 0.842. The highest BCUT2D eigenvalue weighted by molar-refractivity contribution is 7.22. The summed E-state index contributed by atoms with van der Waals surface area (Å²) < 4.78 is 0.601. The molecule has 0 aliphatic rings. The molecule has 0 unspecified atom stereocenters. The van der Waals surface area contributed by atoms with E-state index < -0.39 is 0 Å². The molecule has 2 rings (SSSR count). The van der Waals surface area contributed by atoms with Crippen LogP contribution in [0.5, 0.6) is 0 Å². The molecule has 2 heterocycles.